The molecular weight excluding hydrogens is 240 g/mol. The molecule has 3 N–H and O–H groups in total. The zero-order chi connectivity index (χ0) is 13.1. The maximum absolute atomic E-state index is 11.7. The second-order valence-electron chi connectivity index (χ2n) is 3.87. The number of carboxylic acids is 1. The molecule has 1 aliphatic rings. The summed E-state index contributed by atoms with van der Waals surface area (Å²) in [6.45, 7) is 0.809. The van der Waals surface area contributed by atoms with Gasteiger partial charge in [-0.1, -0.05) is 0 Å². The molecule has 18 heavy (non-hydrogen) atoms. The van der Waals surface area contributed by atoms with E-state index in [2.05, 4.69) is 15.3 Å². The largest absolute Gasteiger partial charge is 0.481 e. The van der Waals surface area contributed by atoms with Crippen LogP contribution in [0.5, 0.6) is 0 Å². The van der Waals surface area contributed by atoms with Crippen molar-refractivity contribution in [1.29, 1.82) is 0 Å². The molecular formula is C10H12N4O4. The SMILES string of the molecule is O=C(O)CC1C(=O)NCCN1c1cc(=O)[nH]cn1. The van der Waals surface area contributed by atoms with Gasteiger partial charge in [0.15, 0.2) is 0 Å². The minimum atomic E-state index is -1.08. The van der Waals surface area contributed by atoms with Gasteiger partial charge in [0.1, 0.15) is 11.9 Å². The molecule has 1 aromatic heterocycles. The van der Waals surface area contributed by atoms with Crippen LogP contribution < -0.4 is 15.8 Å². The number of rotatable bonds is 3. The number of nitrogens with one attached hydrogen (secondary N) is 2. The predicted molar refractivity (Wildman–Crippen MR) is 61.3 cm³/mol. The lowest BCUT2D eigenvalue weighted by molar-refractivity contribution is -0.139. The first-order valence-electron chi connectivity index (χ1n) is 5.39. The van der Waals surface area contributed by atoms with E-state index in [4.69, 9.17) is 5.11 Å². The lowest BCUT2D eigenvalue weighted by Crippen LogP contribution is -2.56. The first-order chi connectivity index (χ1) is 8.58. The van der Waals surface area contributed by atoms with Gasteiger partial charge in [-0.2, -0.15) is 0 Å². The number of piperazine rings is 1. The summed E-state index contributed by atoms with van der Waals surface area (Å²) >= 11 is 0. The molecule has 1 atom stereocenters. The molecule has 1 unspecified atom stereocenters. The molecule has 0 aliphatic carbocycles. The number of aliphatic carboxylic acids is 1. The van der Waals surface area contributed by atoms with Gasteiger partial charge in [0, 0.05) is 19.2 Å². The normalized spacial score (nSPS) is 19.4. The quantitative estimate of drug-likeness (QED) is 0.606. The third-order valence-electron chi connectivity index (χ3n) is 2.66. The van der Waals surface area contributed by atoms with Crippen LogP contribution in [0.3, 0.4) is 0 Å². The van der Waals surface area contributed by atoms with Gasteiger partial charge in [0.05, 0.1) is 12.7 Å². The smallest absolute Gasteiger partial charge is 0.305 e. The van der Waals surface area contributed by atoms with E-state index >= 15 is 0 Å². The number of aromatic amines is 1. The number of nitrogens with zero attached hydrogens (tertiary/aromatic N) is 2. The molecule has 0 bridgehead atoms. The molecule has 96 valence electrons. The monoisotopic (exact) mass is 252 g/mol. The average molecular weight is 252 g/mol. The third-order valence-corrected chi connectivity index (χ3v) is 2.66. The fourth-order valence-electron chi connectivity index (χ4n) is 1.87. The van der Waals surface area contributed by atoms with Crippen molar-refractivity contribution in [2.75, 3.05) is 18.0 Å². The molecule has 2 rings (SSSR count). The Balaban J connectivity index is 2.30. The van der Waals surface area contributed by atoms with Gasteiger partial charge in [-0.3, -0.25) is 14.4 Å². The van der Waals surface area contributed by atoms with Crippen molar-refractivity contribution in [3.63, 3.8) is 0 Å². The summed E-state index contributed by atoms with van der Waals surface area (Å²) < 4.78 is 0. The molecule has 8 nitrogen and oxygen atoms in total. The lowest BCUT2D eigenvalue weighted by atomic mass is 10.1. The number of carbonyl (C=O) groups excluding carboxylic acids is 1. The second-order valence-corrected chi connectivity index (χ2v) is 3.87. The summed E-state index contributed by atoms with van der Waals surface area (Å²) in [5.41, 5.74) is -0.347. The predicted octanol–water partition coefficient (Wildman–Crippen LogP) is -1.45. The fourth-order valence-corrected chi connectivity index (χ4v) is 1.87. The summed E-state index contributed by atoms with van der Waals surface area (Å²) in [6, 6.07) is 0.401. The van der Waals surface area contributed by atoms with Crippen molar-refractivity contribution >= 4 is 17.7 Å². The van der Waals surface area contributed by atoms with Gasteiger partial charge in [-0.05, 0) is 0 Å². The maximum Gasteiger partial charge on any atom is 0.305 e. The molecule has 0 spiro atoms. The Morgan fingerprint density at radius 3 is 3.00 bits per heavy atom. The van der Waals surface area contributed by atoms with Crippen LogP contribution in [0.2, 0.25) is 0 Å². The Bertz CT molecular complexity index is 527. The van der Waals surface area contributed by atoms with E-state index in [9.17, 15) is 14.4 Å². The molecule has 2 heterocycles. The highest BCUT2D eigenvalue weighted by Crippen LogP contribution is 2.16. The first kappa shape index (κ1) is 12.1. The van der Waals surface area contributed by atoms with Crippen molar-refractivity contribution < 1.29 is 14.7 Å². The van der Waals surface area contributed by atoms with Gasteiger partial charge < -0.3 is 20.3 Å². The van der Waals surface area contributed by atoms with Crippen molar-refractivity contribution in [1.82, 2.24) is 15.3 Å². The van der Waals surface area contributed by atoms with E-state index in [1.807, 2.05) is 0 Å². The Morgan fingerprint density at radius 2 is 2.33 bits per heavy atom. The molecule has 1 fully saturated rings. The van der Waals surface area contributed by atoms with Crippen LogP contribution in [0.4, 0.5) is 5.82 Å². The van der Waals surface area contributed by atoms with Gasteiger partial charge in [0.25, 0.3) is 5.56 Å². The molecule has 1 aromatic rings. The van der Waals surface area contributed by atoms with Crippen LogP contribution in [-0.4, -0.2) is 46.1 Å². The van der Waals surface area contributed by atoms with Gasteiger partial charge >= 0.3 is 5.97 Å². The summed E-state index contributed by atoms with van der Waals surface area (Å²) in [5, 5.41) is 11.4. The Morgan fingerprint density at radius 1 is 1.56 bits per heavy atom. The van der Waals surface area contributed by atoms with Crippen molar-refractivity contribution in [2.24, 2.45) is 0 Å². The van der Waals surface area contributed by atoms with E-state index in [0.29, 0.717) is 18.9 Å². The molecule has 1 saturated heterocycles. The number of H-pyrrole nitrogens is 1. The van der Waals surface area contributed by atoms with Crippen molar-refractivity contribution in [2.45, 2.75) is 12.5 Å². The second kappa shape index (κ2) is 4.86. The molecule has 0 aromatic carbocycles. The van der Waals surface area contributed by atoms with Gasteiger partial charge in [-0.15, -0.1) is 0 Å². The molecule has 1 aliphatic heterocycles. The van der Waals surface area contributed by atoms with Crippen LogP contribution in [0.15, 0.2) is 17.2 Å². The highest BCUT2D eigenvalue weighted by molar-refractivity contribution is 5.90. The van der Waals surface area contributed by atoms with E-state index < -0.39 is 12.0 Å². The molecule has 1 amide bonds. The number of carbonyl (C=O) groups is 2. The van der Waals surface area contributed by atoms with E-state index in [1.165, 1.54) is 17.3 Å². The number of amides is 1. The topological polar surface area (TPSA) is 115 Å². The minimum absolute atomic E-state index is 0.305. The zero-order valence-electron chi connectivity index (χ0n) is 9.42. The van der Waals surface area contributed by atoms with Crippen LogP contribution in [-0.2, 0) is 9.59 Å². The molecule has 0 radical (unpaired) electrons. The average Bonchev–Trinajstić information content (AvgIpc) is 2.31. The Labute approximate surface area is 102 Å². The van der Waals surface area contributed by atoms with Crippen molar-refractivity contribution in [3.05, 3.63) is 22.7 Å². The first-order valence-corrected chi connectivity index (χ1v) is 5.39. The standard InChI is InChI=1S/C10H12N4O4/c15-8-4-7(12-5-13-8)14-2-1-11-10(18)6(14)3-9(16)17/h4-6H,1-3H2,(H,11,18)(H,16,17)(H,12,13,15). The zero-order valence-corrected chi connectivity index (χ0v) is 9.42. The highest BCUT2D eigenvalue weighted by atomic mass is 16.4. The van der Waals surface area contributed by atoms with Gasteiger partial charge in [-0.25, -0.2) is 4.98 Å². The van der Waals surface area contributed by atoms with E-state index in [-0.39, 0.29) is 17.9 Å². The number of carboxylic acid groups (broad SMARTS) is 1. The number of anilines is 1. The van der Waals surface area contributed by atoms with Crippen LogP contribution in [0.1, 0.15) is 6.42 Å². The van der Waals surface area contributed by atoms with Crippen LogP contribution in [0.25, 0.3) is 0 Å². The van der Waals surface area contributed by atoms with E-state index in [1.54, 1.807) is 0 Å². The fraction of sp³-hybridized carbons (Fsp3) is 0.400. The van der Waals surface area contributed by atoms with Crippen LogP contribution >= 0.6 is 0 Å². The highest BCUT2D eigenvalue weighted by Gasteiger charge is 2.32. The summed E-state index contributed by atoms with van der Waals surface area (Å²) in [5.74, 6) is -1.14. The Kier molecular flexibility index (Phi) is 3.26. The minimum Gasteiger partial charge on any atom is -0.481 e. The lowest BCUT2D eigenvalue weighted by Gasteiger charge is -2.34. The summed E-state index contributed by atoms with van der Waals surface area (Å²) in [6.07, 6.45) is 0.891. The number of aromatic nitrogens is 2. The third kappa shape index (κ3) is 2.47. The summed E-state index contributed by atoms with van der Waals surface area (Å²) in [7, 11) is 0. The number of hydrogen-bond donors (Lipinski definition) is 3. The van der Waals surface area contributed by atoms with Crippen molar-refractivity contribution in [3.8, 4) is 0 Å². The maximum atomic E-state index is 11.7. The Hall–Kier alpha value is -2.38. The van der Waals surface area contributed by atoms with E-state index in [0.717, 1.165) is 0 Å². The van der Waals surface area contributed by atoms with Crippen LogP contribution in [0, 0.1) is 0 Å². The summed E-state index contributed by atoms with van der Waals surface area (Å²) in [4.78, 5) is 41.5. The number of hydrogen-bond acceptors (Lipinski definition) is 5. The molecule has 8 heteroatoms. The van der Waals surface area contributed by atoms with Gasteiger partial charge in [0.2, 0.25) is 5.91 Å². The molecule has 0 saturated carbocycles.